The van der Waals surface area contributed by atoms with Gasteiger partial charge in [-0.15, -0.1) is 0 Å². The van der Waals surface area contributed by atoms with Gasteiger partial charge in [-0.2, -0.15) is 4.31 Å². The molecule has 0 saturated carbocycles. The van der Waals surface area contributed by atoms with Gasteiger partial charge in [0.15, 0.2) is 0 Å². The number of hydrogen-bond acceptors (Lipinski definition) is 6. The van der Waals surface area contributed by atoms with Crippen LogP contribution >= 0.6 is 0 Å². The molecule has 0 atom stereocenters. The van der Waals surface area contributed by atoms with Crippen molar-refractivity contribution >= 4 is 15.8 Å². The molecule has 1 aromatic heterocycles. The van der Waals surface area contributed by atoms with Gasteiger partial charge in [-0.1, -0.05) is 30.3 Å². The van der Waals surface area contributed by atoms with Crippen molar-refractivity contribution < 1.29 is 13.2 Å². The number of anilines is 1. The van der Waals surface area contributed by atoms with E-state index in [1.807, 2.05) is 38.1 Å². The zero-order valence-electron chi connectivity index (χ0n) is 18.7. The molecule has 1 saturated heterocycles. The summed E-state index contributed by atoms with van der Waals surface area (Å²) in [7, 11) is -1.83. The predicted octanol–water partition coefficient (Wildman–Crippen LogP) is 3.20. The van der Waals surface area contributed by atoms with Crippen LogP contribution in [0, 0.1) is 13.8 Å². The fourth-order valence-electron chi connectivity index (χ4n) is 4.05. The minimum atomic E-state index is -3.49. The summed E-state index contributed by atoms with van der Waals surface area (Å²) in [6.45, 7) is 5.88. The van der Waals surface area contributed by atoms with Crippen LogP contribution in [0.1, 0.15) is 22.6 Å². The van der Waals surface area contributed by atoms with E-state index >= 15 is 0 Å². The summed E-state index contributed by atoms with van der Waals surface area (Å²) in [5.41, 5.74) is 3.12. The molecule has 3 aromatic rings. The lowest BCUT2D eigenvalue weighted by molar-refractivity contribution is 0.383. The molecular formula is C24H28N4O3S. The second-order valence-corrected chi connectivity index (χ2v) is 9.83. The van der Waals surface area contributed by atoms with Crippen LogP contribution in [0.2, 0.25) is 0 Å². The summed E-state index contributed by atoms with van der Waals surface area (Å²) >= 11 is 0. The summed E-state index contributed by atoms with van der Waals surface area (Å²) in [6, 6.07) is 16.6. The number of aryl methyl sites for hydroxylation is 2. The minimum Gasteiger partial charge on any atom is -0.497 e. The van der Waals surface area contributed by atoms with Crippen molar-refractivity contribution in [1.29, 1.82) is 0 Å². The van der Waals surface area contributed by atoms with Crippen LogP contribution in [0.3, 0.4) is 0 Å². The summed E-state index contributed by atoms with van der Waals surface area (Å²) in [5, 5.41) is 0. The Morgan fingerprint density at radius 3 is 2.34 bits per heavy atom. The van der Waals surface area contributed by atoms with Gasteiger partial charge < -0.3 is 9.64 Å². The number of methoxy groups -OCH3 is 1. The molecule has 168 valence electrons. The van der Waals surface area contributed by atoms with Gasteiger partial charge in [-0.25, -0.2) is 18.4 Å². The molecule has 0 N–H and O–H groups in total. The highest BCUT2D eigenvalue weighted by atomic mass is 32.2. The Labute approximate surface area is 189 Å². The Morgan fingerprint density at radius 2 is 1.66 bits per heavy atom. The second kappa shape index (κ2) is 9.26. The van der Waals surface area contributed by atoms with Crippen molar-refractivity contribution in [2.75, 3.05) is 38.2 Å². The lowest BCUT2D eigenvalue weighted by Gasteiger charge is -2.36. The zero-order valence-corrected chi connectivity index (χ0v) is 19.5. The molecule has 0 amide bonds. The Balaban J connectivity index is 1.57. The maximum Gasteiger partial charge on any atom is 0.243 e. The van der Waals surface area contributed by atoms with Crippen molar-refractivity contribution in [1.82, 2.24) is 14.3 Å². The van der Waals surface area contributed by atoms with E-state index < -0.39 is 10.0 Å². The number of benzene rings is 2. The summed E-state index contributed by atoms with van der Waals surface area (Å²) in [6.07, 6.45) is 0.682. The average Bonchev–Trinajstić information content (AvgIpc) is 2.81. The van der Waals surface area contributed by atoms with Gasteiger partial charge in [0.05, 0.1) is 12.0 Å². The molecule has 0 unspecified atom stereocenters. The van der Waals surface area contributed by atoms with Crippen LogP contribution in [0.15, 0.2) is 59.5 Å². The normalized spacial score (nSPS) is 15.0. The summed E-state index contributed by atoms with van der Waals surface area (Å²) in [4.78, 5) is 11.9. The zero-order chi connectivity index (χ0) is 22.7. The number of sulfonamides is 1. The summed E-state index contributed by atoms with van der Waals surface area (Å²) < 4.78 is 32.9. The van der Waals surface area contributed by atoms with Crippen molar-refractivity contribution in [3.05, 3.63) is 77.2 Å². The third kappa shape index (κ3) is 4.61. The standard InChI is InChI=1S/C24H28N4O3S/c1-18-23(17-20-8-7-9-21(16-20)31-3)24(26-19(2)25-18)27-12-14-28(15-13-27)32(29,30)22-10-5-4-6-11-22/h4-11,16H,12-15,17H2,1-3H3. The number of rotatable bonds is 6. The van der Waals surface area contributed by atoms with Crippen LogP contribution in [-0.2, 0) is 16.4 Å². The minimum absolute atomic E-state index is 0.334. The molecule has 1 aliphatic heterocycles. The number of ether oxygens (including phenoxy) is 1. The Kier molecular flexibility index (Phi) is 6.43. The van der Waals surface area contributed by atoms with E-state index in [9.17, 15) is 8.42 Å². The van der Waals surface area contributed by atoms with Crippen molar-refractivity contribution in [3.63, 3.8) is 0 Å². The maximum absolute atomic E-state index is 13.0. The third-order valence-electron chi connectivity index (χ3n) is 5.74. The molecular weight excluding hydrogens is 424 g/mol. The second-order valence-electron chi connectivity index (χ2n) is 7.89. The van der Waals surface area contributed by atoms with Gasteiger partial charge in [0.1, 0.15) is 17.4 Å². The van der Waals surface area contributed by atoms with E-state index in [2.05, 4.69) is 16.0 Å². The highest BCUT2D eigenvalue weighted by molar-refractivity contribution is 7.89. The largest absolute Gasteiger partial charge is 0.497 e. The van der Waals surface area contributed by atoms with Gasteiger partial charge in [0.25, 0.3) is 0 Å². The monoisotopic (exact) mass is 452 g/mol. The van der Waals surface area contributed by atoms with Gasteiger partial charge in [0, 0.05) is 43.9 Å². The first-order chi connectivity index (χ1) is 15.4. The first-order valence-electron chi connectivity index (χ1n) is 10.7. The van der Waals surface area contributed by atoms with Crippen molar-refractivity contribution in [3.8, 4) is 5.75 Å². The van der Waals surface area contributed by atoms with Gasteiger partial charge in [-0.3, -0.25) is 0 Å². The highest BCUT2D eigenvalue weighted by Crippen LogP contribution is 2.27. The predicted molar refractivity (Wildman–Crippen MR) is 125 cm³/mol. The molecule has 4 rings (SSSR count). The molecule has 0 spiro atoms. The fourth-order valence-corrected chi connectivity index (χ4v) is 5.50. The number of nitrogens with zero attached hydrogens (tertiary/aromatic N) is 4. The topological polar surface area (TPSA) is 75.6 Å². The van der Waals surface area contributed by atoms with E-state index in [-0.39, 0.29) is 0 Å². The molecule has 7 nitrogen and oxygen atoms in total. The van der Waals surface area contributed by atoms with E-state index in [4.69, 9.17) is 9.72 Å². The molecule has 8 heteroatoms. The molecule has 0 aliphatic carbocycles. The van der Waals surface area contributed by atoms with E-state index in [0.717, 1.165) is 28.4 Å². The molecule has 2 aromatic carbocycles. The first-order valence-corrected chi connectivity index (χ1v) is 12.1. The third-order valence-corrected chi connectivity index (χ3v) is 7.65. The van der Waals surface area contributed by atoms with Crippen LogP contribution in [0.4, 0.5) is 5.82 Å². The number of aromatic nitrogens is 2. The SMILES string of the molecule is COc1cccc(Cc2c(C)nc(C)nc2N2CCN(S(=O)(=O)c3ccccc3)CC2)c1. The van der Waals surface area contributed by atoms with Gasteiger partial charge >= 0.3 is 0 Å². The maximum atomic E-state index is 13.0. The first kappa shape index (κ1) is 22.2. The lowest BCUT2D eigenvalue weighted by atomic mass is 10.0. The van der Waals surface area contributed by atoms with Crippen molar-refractivity contribution in [2.45, 2.75) is 25.2 Å². The molecule has 1 fully saturated rings. The highest BCUT2D eigenvalue weighted by Gasteiger charge is 2.30. The van der Waals surface area contributed by atoms with Crippen LogP contribution < -0.4 is 9.64 Å². The van der Waals surface area contributed by atoms with E-state index in [1.165, 1.54) is 0 Å². The number of hydrogen-bond donors (Lipinski definition) is 0. The Bertz CT molecular complexity index is 1190. The van der Waals surface area contributed by atoms with Crippen LogP contribution in [0.5, 0.6) is 5.75 Å². The summed E-state index contributed by atoms with van der Waals surface area (Å²) in [5.74, 6) is 2.41. The Morgan fingerprint density at radius 1 is 0.938 bits per heavy atom. The van der Waals surface area contributed by atoms with Gasteiger partial charge in [-0.05, 0) is 43.7 Å². The molecule has 0 bridgehead atoms. The molecule has 32 heavy (non-hydrogen) atoms. The number of piperazine rings is 1. The average molecular weight is 453 g/mol. The fraction of sp³-hybridized carbons (Fsp3) is 0.333. The van der Waals surface area contributed by atoms with E-state index in [0.29, 0.717) is 43.3 Å². The van der Waals surface area contributed by atoms with Crippen molar-refractivity contribution in [2.24, 2.45) is 0 Å². The molecule has 1 aliphatic rings. The smallest absolute Gasteiger partial charge is 0.243 e. The van der Waals surface area contributed by atoms with Crippen LogP contribution in [-0.4, -0.2) is 56.0 Å². The molecule has 0 radical (unpaired) electrons. The van der Waals surface area contributed by atoms with E-state index in [1.54, 1.807) is 35.7 Å². The van der Waals surface area contributed by atoms with Crippen LogP contribution in [0.25, 0.3) is 0 Å². The Hall–Kier alpha value is -2.97. The molecule has 2 heterocycles. The van der Waals surface area contributed by atoms with Gasteiger partial charge in [0.2, 0.25) is 10.0 Å². The quantitative estimate of drug-likeness (QED) is 0.572. The lowest BCUT2D eigenvalue weighted by Crippen LogP contribution is -2.49.